The number of carbonyl (C=O) groups is 1. The second-order valence-corrected chi connectivity index (χ2v) is 9.09. The smallest absolute Gasteiger partial charge is 0.253 e. The van der Waals surface area contributed by atoms with E-state index >= 15 is 0 Å². The van der Waals surface area contributed by atoms with Gasteiger partial charge in [0.05, 0.1) is 11.3 Å². The second kappa shape index (κ2) is 7.28. The Labute approximate surface area is 181 Å². The molecule has 7 heteroatoms. The zero-order chi connectivity index (χ0) is 20.8. The Hall–Kier alpha value is -3.03. The quantitative estimate of drug-likeness (QED) is 0.702. The largest absolute Gasteiger partial charge is 0.348 e. The molecular formula is C24H26N6O. The number of nitrogens with zero attached hydrogens (tertiary/aromatic N) is 5. The summed E-state index contributed by atoms with van der Waals surface area (Å²) in [7, 11) is 0. The third-order valence-corrected chi connectivity index (χ3v) is 7.28. The van der Waals surface area contributed by atoms with Crippen molar-refractivity contribution in [1.82, 2.24) is 29.9 Å². The van der Waals surface area contributed by atoms with Crippen LogP contribution in [-0.4, -0.2) is 75.8 Å². The van der Waals surface area contributed by atoms with Crippen LogP contribution in [0.1, 0.15) is 15.9 Å². The second-order valence-electron chi connectivity index (χ2n) is 9.09. The molecule has 0 spiro atoms. The first-order chi connectivity index (χ1) is 15.2. The fraction of sp³-hybridized carbons (Fsp3) is 0.375. The predicted octanol–water partition coefficient (Wildman–Crippen LogP) is 1.56. The summed E-state index contributed by atoms with van der Waals surface area (Å²) in [6, 6.07) is 18.5. The summed E-state index contributed by atoms with van der Waals surface area (Å²) in [5, 5.41) is 11.3. The van der Waals surface area contributed by atoms with Gasteiger partial charge in [-0.2, -0.15) is 0 Å². The fourth-order valence-corrected chi connectivity index (χ4v) is 6.00. The molecule has 3 unspecified atom stereocenters. The Bertz CT molecular complexity index is 1070. The number of fused-ring (bicyclic) bond motifs is 1. The summed E-state index contributed by atoms with van der Waals surface area (Å²) in [6.07, 6.45) is 3.26. The Morgan fingerprint density at radius 2 is 1.55 bits per heavy atom. The lowest BCUT2D eigenvalue weighted by atomic mass is 9.64. The molecule has 0 radical (unpaired) electrons. The predicted molar refractivity (Wildman–Crippen MR) is 117 cm³/mol. The third kappa shape index (κ3) is 3.07. The van der Waals surface area contributed by atoms with E-state index in [4.69, 9.17) is 0 Å². The van der Waals surface area contributed by atoms with Gasteiger partial charge in [0.2, 0.25) is 0 Å². The van der Waals surface area contributed by atoms with Gasteiger partial charge in [0.15, 0.2) is 0 Å². The molecule has 4 saturated heterocycles. The zero-order valence-corrected chi connectivity index (χ0v) is 17.4. The lowest BCUT2D eigenvalue weighted by Crippen LogP contribution is -2.70. The highest BCUT2D eigenvalue weighted by molar-refractivity contribution is 5.98. The number of rotatable bonds is 4. The van der Waals surface area contributed by atoms with Gasteiger partial charge in [0.25, 0.3) is 5.91 Å². The van der Waals surface area contributed by atoms with E-state index < -0.39 is 0 Å². The number of amides is 1. The van der Waals surface area contributed by atoms with Gasteiger partial charge in [-0.1, -0.05) is 42.5 Å². The molecule has 0 aliphatic carbocycles. The molecule has 4 aliphatic heterocycles. The van der Waals surface area contributed by atoms with Gasteiger partial charge in [0, 0.05) is 56.6 Å². The van der Waals surface area contributed by atoms with Gasteiger partial charge in [-0.15, -0.1) is 10.2 Å². The van der Waals surface area contributed by atoms with E-state index in [0.29, 0.717) is 11.5 Å². The topological polar surface area (TPSA) is 66.3 Å². The molecule has 1 amide bonds. The fourth-order valence-electron chi connectivity index (χ4n) is 6.00. The summed E-state index contributed by atoms with van der Waals surface area (Å²) in [4.78, 5) is 18.8. The van der Waals surface area contributed by atoms with Gasteiger partial charge in [-0.25, -0.2) is 0 Å². The highest BCUT2D eigenvalue weighted by Gasteiger charge is 2.55. The normalized spacial score (nSPS) is 31.4. The summed E-state index contributed by atoms with van der Waals surface area (Å²) in [5.41, 5.74) is 2.68. The average Bonchev–Trinajstić information content (AvgIpc) is 3.22. The zero-order valence-electron chi connectivity index (χ0n) is 17.4. The SMILES string of the molecule is O=C(NC1C2CN3CCN(C2)CC1(c1ccccc1)C3)c1ccccc1-n1cnnc1. The van der Waals surface area contributed by atoms with Crippen LogP contribution in [0.15, 0.2) is 67.3 Å². The van der Waals surface area contributed by atoms with Crippen molar-refractivity contribution in [2.75, 3.05) is 39.3 Å². The molecule has 31 heavy (non-hydrogen) atoms. The standard InChI is InChI=1S/C24H26N6O/c31-23(20-8-4-5-9-21(20)30-16-25-26-17-30)27-22-18-12-28-10-11-29(13-18)15-24(22,14-28)19-6-2-1-3-7-19/h1-9,16-18,22H,10-15H2,(H,27,31). The molecule has 1 N–H and O–H groups in total. The maximum absolute atomic E-state index is 13.6. The molecule has 4 aliphatic rings. The van der Waals surface area contributed by atoms with E-state index in [1.165, 1.54) is 5.56 Å². The van der Waals surface area contributed by atoms with Crippen molar-refractivity contribution in [2.45, 2.75) is 11.5 Å². The molecule has 1 aromatic heterocycles. The van der Waals surface area contributed by atoms with Crippen molar-refractivity contribution in [3.63, 3.8) is 0 Å². The highest BCUT2D eigenvalue weighted by atomic mass is 16.1. The summed E-state index contributed by atoms with van der Waals surface area (Å²) >= 11 is 0. The van der Waals surface area contributed by atoms with Crippen LogP contribution in [0, 0.1) is 5.92 Å². The van der Waals surface area contributed by atoms with Gasteiger partial charge in [0.1, 0.15) is 12.7 Å². The summed E-state index contributed by atoms with van der Waals surface area (Å²) in [5.74, 6) is 0.386. The molecule has 0 saturated carbocycles. The molecule has 7 rings (SSSR count). The first kappa shape index (κ1) is 18.7. The number of hydrogen-bond acceptors (Lipinski definition) is 5. The highest BCUT2D eigenvalue weighted by Crippen LogP contribution is 2.43. The van der Waals surface area contributed by atoms with Gasteiger partial charge in [-0.3, -0.25) is 9.36 Å². The van der Waals surface area contributed by atoms with Crippen LogP contribution < -0.4 is 5.32 Å². The first-order valence-electron chi connectivity index (χ1n) is 11.0. The number of para-hydroxylation sites is 1. The average molecular weight is 415 g/mol. The van der Waals surface area contributed by atoms with Gasteiger partial charge < -0.3 is 15.1 Å². The van der Waals surface area contributed by atoms with Crippen LogP contribution in [0.4, 0.5) is 0 Å². The molecule has 5 heterocycles. The molecule has 158 valence electrons. The Morgan fingerprint density at radius 3 is 2.26 bits per heavy atom. The van der Waals surface area contributed by atoms with Crippen LogP contribution in [-0.2, 0) is 5.41 Å². The van der Waals surface area contributed by atoms with Crippen molar-refractivity contribution in [1.29, 1.82) is 0 Å². The Morgan fingerprint density at radius 1 is 0.903 bits per heavy atom. The number of aromatic nitrogens is 3. The molecule has 2 aromatic carbocycles. The Balaban J connectivity index is 1.38. The van der Waals surface area contributed by atoms with E-state index in [9.17, 15) is 4.79 Å². The lowest BCUT2D eigenvalue weighted by Gasteiger charge is -2.55. The van der Waals surface area contributed by atoms with E-state index in [1.807, 2.05) is 24.3 Å². The maximum atomic E-state index is 13.6. The van der Waals surface area contributed by atoms with Crippen LogP contribution in [0.5, 0.6) is 0 Å². The minimum atomic E-state index is -0.0971. The monoisotopic (exact) mass is 414 g/mol. The molecule has 7 nitrogen and oxygen atoms in total. The minimum Gasteiger partial charge on any atom is -0.348 e. The van der Waals surface area contributed by atoms with Crippen molar-refractivity contribution in [3.8, 4) is 5.69 Å². The van der Waals surface area contributed by atoms with Crippen LogP contribution in [0.25, 0.3) is 5.69 Å². The van der Waals surface area contributed by atoms with Crippen LogP contribution in [0.2, 0.25) is 0 Å². The van der Waals surface area contributed by atoms with E-state index in [-0.39, 0.29) is 17.4 Å². The van der Waals surface area contributed by atoms with E-state index in [2.05, 4.69) is 55.6 Å². The summed E-state index contributed by atoms with van der Waals surface area (Å²) in [6.45, 7) is 6.29. The molecule has 3 aromatic rings. The van der Waals surface area contributed by atoms with Crippen molar-refractivity contribution >= 4 is 5.91 Å². The maximum Gasteiger partial charge on any atom is 0.253 e. The van der Waals surface area contributed by atoms with Gasteiger partial charge in [-0.05, 0) is 17.7 Å². The van der Waals surface area contributed by atoms with Gasteiger partial charge >= 0.3 is 0 Å². The van der Waals surface area contributed by atoms with E-state index in [1.54, 1.807) is 17.2 Å². The Kier molecular flexibility index (Phi) is 4.40. The molecule has 4 bridgehead atoms. The van der Waals surface area contributed by atoms with Crippen molar-refractivity contribution in [3.05, 3.63) is 78.4 Å². The lowest BCUT2D eigenvalue weighted by molar-refractivity contribution is 0.0180. The molecule has 4 fully saturated rings. The van der Waals surface area contributed by atoms with Crippen molar-refractivity contribution < 1.29 is 4.79 Å². The molecular weight excluding hydrogens is 388 g/mol. The third-order valence-electron chi connectivity index (χ3n) is 7.28. The first-order valence-corrected chi connectivity index (χ1v) is 11.0. The van der Waals surface area contributed by atoms with E-state index in [0.717, 1.165) is 45.0 Å². The van der Waals surface area contributed by atoms with Crippen LogP contribution in [0.3, 0.4) is 0 Å². The number of benzene rings is 2. The summed E-state index contributed by atoms with van der Waals surface area (Å²) < 4.78 is 1.79. The number of hydrogen-bond donors (Lipinski definition) is 1. The number of nitrogens with one attached hydrogen (secondary N) is 1. The van der Waals surface area contributed by atoms with Crippen molar-refractivity contribution in [2.24, 2.45) is 5.92 Å². The molecule has 3 atom stereocenters. The minimum absolute atomic E-state index is 0.0271. The van der Waals surface area contributed by atoms with Crippen LogP contribution >= 0.6 is 0 Å². The number of carbonyl (C=O) groups excluding carboxylic acids is 1. The number of piperidine rings is 2.